The Labute approximate surface area is 277 Å². The van der Waals surface area contributed by atoms with Gasteiger partial charge in [0.15, 0.2) is 11.2 Å². The van der Waals surface area contributed by atoms with Crippen molar-refractivity contribution in [3.63, 3.8) is 0 Å². The first-order chi connectivity index (χ1) is 22.2. The van der Waals surface area contributed by atoms with Gasteiger partial charge in [-0.1, -0.05) is 59.6 Å². The van der Waals surface area contributed by atoms with E-state index in [-0.39, 0.29) is 40.9 Å². The summed E-state index contributed by atoms with van der Waals surface area (Å²) in [6.45, 7) is 2.46. The van der Waals surface area contributed by atoms with Crippen LogP contribution in [0.5, 0.6) is 0 Å². The maximum Gasteiger partial charge on any atom is 0.287 e. The van der Waals surface area contributed by atoms with Crippen LogP contribution in [0, 0.1) is 0 Å². The number of piperidine rings is 2. The predicted octanol–water partition coefficient (Wildman–Crippen LogP) is 6.36. The van der Waals surface area contributed by atoms with E-state index in [4.69, 9.17) is 27.6 Å². The number of likely N-dealkylation sites (tertiary alicyclic amines) is 2. The standard InChI is InChI=1S/C36H35Cl2N3O5/c37-26-10-8-23(9-11-26)19-30(39-35(44)33-21-31(42)29-20-27(38)12-13-32(29)46-33)36(45)40-17-14-24(15-18-40)28-6-2-1-5-25(28)22-41-16-4-3-7-34(41)43/h1-2,5-6,8-13,20-21,24,30H,3-4,7,14-19,22H2,(H,39,44)/t30-/m0/s1. The topological polar surface area (TPSA) is 99.9 Å². The Morgan fingerprint density at radius 1 is 0.891 bits per heavy atom. The maximum absolute atomic E-state index is 14.0. The molecule has 0 unspecified atom stereocenters. The number of rotatable bonds is 8. The number of hydrogen-bond donors (Lipinski definition) is 1. The van der Waals surface area contributed by atoms with Crippen molar-refractivity contribution in [3.05, 3.63) is 116 Å². The van der Waals surface area contributed by atoms with Crippen molar-refractivity contribution in [1.29, 1.82) is 0 Å². The number of carbonyl (C=O) groups excluding carboxylic acids is 3. The van der Waals surface area contributed by atoms with Gasteiger partial charge in [0.1, 0.15) is 11.6 Å². The van der Waals surface area contributed by atoms with Crippen LogP contribution in [0.1, 0.15) is 65.3 Å². The van der Waals surface area contributed by atoms with E-state index in [2.05, 4.69) is 17.4 Å². The predicted molar refractivity (Wildman–Crippen MR) is 178 cm³/mol. The fraction of sp³-hybridized carbons (Fsp3) is 0.333. The first-order valence-electron chi connectivity index (χ1n) is 15.7. The number of nitrogens with one attached hydrogen (secondary N) is 1. The monoisotopic (exact) mass is 659 g/mol. The van der Waals surface area contributed by atoms with Gasteiger partial charge < -0.3 is 19.5 Å². The highest BCUT2D eigenvalue weighted by Crippen LogP contribution is 2.32. The molecule has 0 radical (unpaired) electrons. The van der Waals surface area contributed by atoms with Gasteiger partial charge >= 0.3 is 0 Å². The molecule has 0 aliphatic carbocycles. The lowest BCUT2D eigenvalue weighted by molar-refractivity contribution is -0.135. The van der Waals surface area contributed by atoms with Gasteiger partial charge in [0.2, 0.25) is 11.8 Å². The van der Waals surface area contributed by atoms with E-state index in [9.17, 15) is 19.2 Å². The van der Waals surface area contributed by atoms with E-state index >= 15 is 0 Å². The van der Waals surface area contributed by atoms with Crippen LogP contribution in [0.15, 0.2) is 82.0 Å². The lowest BCUT2D eigenvalue weighted by atomic mass is 9.86. The van der Waals surface area contributed by atoms with Crippen molar-refractivity contribution < 1.29 is 18.8 Å². The minimum absolute atomic E-state index is 0.184. The highest BCUT2D eigenvalue weighted by atomic mass is 35.5. The van der Waals surface area contributed by atoms with Crippen LogP contribution in [0.2, 0.25) is 10.0 Å². The van der Waals surface area contributed by atoms with Crippen LogP contribution in [-0.4, -0.2) is 53.2 Å². The van der Waals surface area contributed by atoms with Crippen molar-refractivity contribution in [2.45, 2.75) is 57.0 Å². The van der Waals surface area contributed by atoms with Gasteiger partial charge in [0.05, 0.1) is 5.39 Å². The van der Waals surface area contributed by atoms with E-state index in [1.807, 2.05) is 29.2 Å². The summed E-state index contributed by atoms with van der Waals surface area (Å²) in [7, 11) is 0. The van der Waals surface area contributed by atoms with Crippen molar-refractivity contribution in [2.75, 3.05) is 19.6 Å². The normalized spacial score (nSPS) is 16.4. The first kappa shape index (κ1) is 31.8. The van der Waals surface area contributed by atoms with Crippen LogP contribution >= 0.6 is 23.2 Å². The highest BCUT2D eigenvalue weighted by Gasteiger charge is 2.32. The molecular weight excluding hydrogens is 625 g/mol. The fourth-order valence-corrected chi connectivity index (χ4v) is 6.77. The number of benzene rings is 3. The summed E-state index contributed by atoms with van der Waals surface area (Å²) in [6.07, 6.45) is 4.36. The lowest BCUT2D eigenvalue weighted by Crippen LogP contribution is -2.51. The quantitative estimate of drug-likeness (QED) is 0.237. The Morgan fingerprint density at radius 3 is 2.39 bits per heavy atom. The molecule has 238 valence electrons. The van der Waals surface area contributed by atoms with E-state index in [0.29, 0.717) is 36.1 Å². The SMILES string of the molecule is O=C(N[C@@H](Cc1ccc(Cl)cc1)C(=O)N1CCC(c2ccccc2CN2CCCCC2=O)CC1)c1cc(=O)c2cc(Cl)ccc2o1. The minimum atomic E-state index is -0.895. The number of carbonyl (C=O) groups is 3. The van der Waals surface area contributed by atoms with Crippen molar-refractivity contribution in [3.8, 4) is 0 Å². The van der Waals surface area contributed by atoms with Gasteiger partial charge in [-0.2, -0.15) is 0 Å². The van der Waals surface area contributed by atoms with E-state index in [0.717, 1.165) is 49.4 Å². The van der Waals surface area contributed by atoms with Crippen molar-refractivity contribution >= 4 is 51.9 Å². The van der Waals surface area contributed by atoms with E-state index < -0.39 is 17.4 Å². The van der Waals surface area contributed by atoms with E-state index in [1.165, 1.54) is 11.6 Å². The highest BCUT2D eigenvalue weighted by molar-refractivity contribution is 6.31. The maximum atomic E-state index is 14.0. The average molecular weight is 661 g/mol. The molecule has 2 fully saturated rings. The molecule has 2 saturated heterocycles. The smallest absolute Gasteiger partial charge is 0.287 e. The van der Waals surface area contributed by atoms with Gasteiger partial charge in [0.25, 0.3) is 5.91 Å². The molecule has 4 aromatic rings. The molecule has 0 saturated carbocycles. The molecule has 0 bridgehead atoms. The molecule has 1 N–H and O–H groups in total. The molecule has 10 heteroatoms. The van der Waals surface area contributed by atoms with Crippen molar-refractivity contribution in [1.82, 2.24) is 15.1 Å². The van der Waals surface area contributed by atoms with Crippen LogP contribution in [0.4, 0.5) is 0 Å². The van der Waals surface area contributed by atoms with Crippen LogP contribution in [0.25, 0.3) is 11.0 Å². The zero-order valence-electron chi connectivity index (χ0n) is 25.3. The third-order valence-corrected chi connectivity index (χ3v) is 9.44. The molecule has 3 amide bonds. The molecular formula is C36H35Cl2N3O5. The second-order valence-corrected chi connectivity index (χ2v) is 12.9. The molecule has 46 heavy (non-hydrogen) atoms. The Morgan fingerprint density at radius 2 is 1.63 bits per heavy atom. The summed E-state index contributed by atoms with van der Waals surface area (Å²) in [4.78, 5) is 56.4. The summed E-state index contributed by atoms with van der Waals surface area (Å²) in [5, 5.41) is 4.06. The summed E-state index contributed by atoms with van der Waals surface area (Å²) < 4.78 is 5.75. The van der Waals surface area contributed by atoms with E-state index in [1.54, 1.807) is 29.2 Å². The number of halogens is 2. The largest absolute Gasteiger partial charge is 0.451 e. The molecule has 1 atom stereocenters. The summed E-state index contributed by atoms with van der Waals surface area (Å²) >= 11 is 12.1. The molecule has 3 aromatic carbocycles. The molecule has 0 spiro atoms. The van der Waals surface area contributed by atoms with Crippen LogP contribution in [-0.2, 0) is 22.6 Å². The Bertz CT molecular complexity index is 1810. The molecule has 2 aliphatic heterocycles. The van der Waals surface area contributed by atoms with Gasteiger partial charge in [-0.25, -0.2) is 0 Å². The number of fused-ring (bicyclic) bond motifs is 1. The fourth-order valence-electron chi connectivity index (χ4n) is 6.47. The Kier molecular flexibility index (Phi) is 9.75. The van der Waals surface area contributed by atoms with Crippen LogP contribution in [0.3, 0.4) is 0 Å². The first-order valence-corrected chi connectivity index (χ1v) is 16.4. The molecule has 8 nitrogen and oxygen atoms in total. The van der Waals surface area contributed by atoms with Gasteiger partial charge in [0, 0.05) is 55.1 Å². The van der Waals surface area contributed by atoms with Gasteiger partial charge in [-0.05, 0) is 78.6 Å². The summed E-state index contributed by atoms with van der Waals surface area (Å²) in [6, 6.07) is 20.3. The number of hydrogen-bond acceptors (Lipinski definition) is 5. The zero-order chi connectivity index (χ0) is 32.2. The van der Waals surface area contributed by atoms with Crippen molar-refractivity contribution in [2.24, 2.45) is 0 Å². The molecule has 6 rings (SSSR count). The Balaban J connectivity index is 1.17. The number of amides is 3. The lowest BCUT2D eigenvalue weighted by Gasteiger charge is -2.36. The second-order valence-electron chi connectivity index (χ2n) is 12.0. The molecule has 1 aromatic heterocycles. The zero-order valence-corrected chi connectivity index (χ0v) is 26.9. The second kappa shape index (κ2) is 14.1. The van der Waals surface area contributed by atoms with Gasteiger partial charge in [-0.3, -0.25) is 19.2 Å². The molecule has 3 heterocycles. The number of nitrogens with zero attached hydrogens (tertiary/aromatic N) is 2. The van der Waals surface area contributed by atoms with Crippen LogP contribution < -0.4 is 10.7 Å². The Hall–Kier alpha value is -4.14. The third-order valence-electron chi connectivity index (χ3n) is 8.95. The average Bonchev–Trinajstić information content (AvgIpc) is 3.06. The summed E-state index contributed by atoms with van der Waals surface area (Å²) in [5.41, 5.74) is 3.05. The van der Waals surface area contributed by atoms with Gasteiger partial charge in [-0.15, -0.1) is 0 Å². The third kappa shape index (κ3) is 7.29. The minimum Gasteiger partial charge on any atom is -0.451 e. The molecule has 2 aliphatic rings. The summed E-state index contributed by atoms with van der Waals surface area (Å²) in [5.74, 6) is -0.579.